The summed E-state index contributed by atoms with van der Waals surface area (Å²) in [5.74, 6) is 0.333. The van der Waals surface area contributed by atoms with Crippen molar-refractivity contribution in [3.63, 3.8) is 0 Å². The third kappa shape index (κ3) is 6.20. The van der Waals surface area contributed by atoms with Crippen LogP contribution in [0.5, 0.6) is 5.75 Å². The van der Waals surface area contributed by atoms with Crippen LogP contribution >= 0.6 is 0 Å². The fourth-order valence-corrected chi connectivity index (χ4v) is 7.47. The highest BCUT2D eigenvalue weighted by molar-refractivity contribution is 7.89. The fourth-order valence-electron chi connectivity index (χ4n) is 4.46. The van der Waals surface area contributed by atoms with Gasteiger partial charge in [0.15, 0.2) is 0 Å². The van der Waals surface area contributed by atoms with Crippen LogP contribution in [0.2, 0.25) is 0 Å². The molecule has 1 saturated heterocycles. The first-order valence-electron chi connectivity index (χ1n) is 12.1. The van der Waals surface area contributed by atoms with E-state index in [0.717, 1.165) is 12.8 Å². The van der Waals surface area contributed by atoms with Crippen LogP contribution in [0.15, 0.2) is 82.6 Å². The van der Waals surface area contributed by atoms with Crippen LogP contribution in [0.1, 0.15) is 30.9 Å². The molecule has 37 heavy (non-hydrogen) atoms. The van der Waals surface area contributed by atoms with Gasteiger partial charge < -0.3 is 4.74 Å². The van der Waals surface area contributed by atoms with E-state index in [1.807, 2.05) is 6.92 Å². The minimum Gasteiger partial charge on any atom is -0.497 e. The number of hydrogen-bond donors (Lipinski definition) is 0. The first-order chi connectivity index (χ1) is 17.6. The standard InChI is InChI=1S/C27H31FN2O5S2/c1-21-7-6-16-29(18-21)36(31,32)25-12-14-26(15-13-25)37(33,34)30(20-23-9-3-4-11-27(23)28)19-22-8-5-10-24(17-22)35-2/h3-5,8-15,17,21H,6-7,16,18-20H2,1-2H3. The van der Waals surface area contributed by atoms with Crippen molar-refractivity contribution in [3.8, 4) is 5.75 Å². The molecule has 3 aromatic rings. The van der Waals surface area contributed by atoms with Crippen molar-refractivity contribution < 1.29 is 26.0 Å². The maximum Gasteiger partial charge on any atom is 0.243 e. The predicted molar refractivity (Wildman–Crippen MR) is 139 cm³/mol. The Balaban J connectivity index is 1.65. The van der Waals surface area contributed by atoms with Gasteiger partial charge in [-0.15, -0.1) is 0 Å². The molecule has 1 fully saturated rings. The Labute approximate surface area is 218 Å². The molecule has 0 radical (unpaired) electrons. The van der Waals surface area contributed by atoms with Crippen molar-refractivity contribution in [2.45, 2.75) is 42.6 Å². The maximum atomic E-state index is 14.5. The van der Waals surface area contributed by atoms with Gasteiger partial charge >= 0.3 is 0 Å². The second-order valence-electron chi connectivity index (χ2n) is 9.30. The van der Waals surface area contributed by atoms with Crippen LogP contribution < -0.4 is 4.74 Å². The van der Waals surface area contributed by atoms with Gasteiger partial charge in [0.1, 0.15) is 11.6 Å². The smallest absolute Gasteiger partial charge is 0.243 e. The lowest BCUT2D eigenvalue weighted by Gasteiger charge is -2.30. The topological polar surface area (TPSA) is 84.0 Å². The molecule has 0 aliphatic carbocycles. The minimum atomic E-state index is -4.11. The van der Waals surface area contributed by atoms with Crippen molar-refractivity contribution >= 4 is 20.0 Å². The highest BCUT2D eigenvalue weighted by Gasteiger charge is 2.30. The van der Waals surface area contributed by atoms with Gasteiger partial charge in [0.25, 0.3) is 0 Å². The number of methoxy groups -OCH3 is 1. The number of benzene rings is 3. The summed E-state index contributed by atoms with van der Waals surface area (Å²) in [7, 11) is -6.32. The first-order valence-corrected chi connectivity index (χ1v) is 15.0. The Hall–Kier alpha value is -2.79. The Bertz CT molecular complexity index is 1440. The largest absolute Gasteiger partial charge is 0.497 e. The molecule has 0 amide bonds. The summed E-state index contributed by atoms with van der Waals surface area (Å²) < 4.78 is 76.1. The van der Waals surface area contributed by atoms with Crippen LogP contribution in [0.3, 0.4) is 0 Å². The molecule has 7 nitrogen and oxygen atoms in total. The molecule has 1 aliphatic heterocycles. The van der Waals surface area contributed by atoms with E-state index in [1.165, 1.54) is 46.1 Å². The second-order valence-corrected chi connectivity index (χ2v) is 13.2. The van der Waals surface area contributed by atoms with E-state index in [2.05, 4.69) is 0 Å². The number of hydrogen-bond acceptors (Lipinski definition) is 5. The highest BCUT2D eigenvalue weighted by Crippen LogP contribution is 2.27. The van der Waals surface area contributed by atoms with Crippen molar-refractivity contribution in [3.05, 3.63) is 89.7 Å². The molecule has 198 valence electrons. The zero-order valence-electron chi connectivity index (χ0n) is 20.9. The lowest BCUT2D eigenvalue weighted by atomic mass is 10.0. The van der Waals surface area contributed by atoms with Gasteiger partial charge in [0.05, 0.1) is 16.9 Å². The Morgan fingerprint density at radius 1 is 0.946 bits per heavy atom. The number of halogens is 1. The lowest BCUT2D eigenvalue weighted by molar-refractivity contribution is 0.281. The molecule has 4 rings (SSSR count). The summed E-state index contributed by atoms with van der Waals surface area (Å²) in [6, 6.07) is 18.3. The van der Waals surface area contributed by atoms with Crippen LogP contribution in [0, 0.1) is 11.7 Å². The van der Waals surface area contributed by atoms with Crippen LogP contribution in [-0.2, 0) is 33.1 Å². The first kappa shape index (κ1) is 27.3. The van der Waals surface area contributed by atoms with Crippen molar-refractivity contribution in [2.24, 2.45) is 5.92 Å². The van der Waals surface area contributed by atoms with Gasteiger partial charge in [-0.3, -0.25) is 0 Å². The van der Waals surface area contributed by atoms with E-state index in [9.17, 15) is 21.2 Å². The molecule has 1 atom stereocenters. The summed E-state index contributed by atoms with van der Waals surface area (Å²) in [6.45, 7) is 2.68. The van der Waals surface area contributed by atoms with E-state index in [-0.39, 0.29) is 34.4 Å². The third-order valence-electron chi connectivity index (χ3n) is 6.52. The molecule has 10 heteroatoms. The van der Waals surface area contributed by atoms with Crippen LogP contribution in [0.4, 0.5) is 4.39 Å². The summed E-state index contributed by atoms with van der Waals surface area (Å²) in [5.41, 5.74) is 0.894. The van der Waals surface area contributed by atoms with Crippen LogP contribution in [-0.4, -0.2) is 45.6 Å². The van der Waals surface area contributed by atoms with E-state index in [0.29, 0.717) is 24.4 Å². The van der Waals surface area contributed by atoms with Gasteiger partial charge in [0.2, 0.25) is 20.0 Å². The van der Waals surface area contributed by atoms with Crippen molar-refractivity contribution in [2.75, 3.05) is 20.2 Å². The number of piperidine rings is 1. The molecule has 0 saturated carbocycles. The normalized spacial score (nSPS) is 17.1. The van der Waals surface area contributed by atoms with Gasteiger partial charge in [-0.2, -0.15) is 8.61 Å². The highest BCUT2D eigenvalue weighted by atomic mass is 32.2. The second kappa shape index (κ2) is 11.3. The number of nitrogens with zero attached hydrogens (tertiary/aromatic N) is 2. The van der Waals surface area contributed by atoms with Crippen molar-refractivity contribution in [1.29, 1.82) is 0 Å². The van der Waals surface area contributed by atoms with Crippen LogP contribution in [0.25, 0.3) is 0 Å². The molecule has 3 aromatic carbocycles. The summed E-state index contributed by atoms with van der Waals surface area (Å²) in [5, 5.41) is 0. The predicted octanol–water partition coefficient (Wildman–Crippen LogP) is 4.65. The summed E-state index contributed by atoms with van der Waals surface area (Å²) >= 11 is 0. The van der Waals surface area contributed by atoms with Gasteiger partial charge in [0, 0.05) is 31.7 Å². The van der Waals surface area contributed by atoms with Gasteiger partial charge in [-0.1, -0.05) is 37.3 Å². The van der Waals surface area contributed by atoms with E-state index in [1.54, 1.807) is 42.5 Å². The Kier molecular flexibility index (Phi) is 8.33. The maximum absolute atomic E-state index is 14.5. The Morgan fingerprint density at radius 2 is 1.65 bits per heavy atom. The molecular weight excluding hydrogens is 515 g/mol. The van der Waals surface area contributed by atoms with E-state index in [4.69, 9.17) is 4.74 Å². The average molecular weight is 547 g/mol. The summed E-state index contributed by atoms with van der Waals surface area (Å²) in [4.78, 5) is -0.0216. The molecular formula is C27H31FN2O5S2. The van der Waals surface area contributed by atoms with Gasteiger partial charge in [-0.05, 0) is 66.8 Å². The van der Waals surface area contributed by atoms with Gasteiger partial charge in [-0.25, -0.2) is 21.2 Å². The fraction of sp³-hybridized carbons (Fsp3) is 0.333. The number of rotatable bonds is 9. The molecule has 0 aromatic heterocycles. The zero-order valence-corrected chi connectivity index (χ0v) is 22.5. The lowest BCUT2D eigenvalue weighted by Crippen LogP contribution is -2.39. The Morgan fingerprint density at radius 3 is 2.32 bits per heavy atom. The zero-order chi connectivity index (χ0) is 26.6. The van der Waals surface area contributed by atoms with Crippen molar-refractivity contribution in [1.82, 2.24) is 8.61 Å². The average Bonchev–Trinajstić information content (AvgIpc) is 2.89. The molecule has 1 unspecified atom stereocenters. The molecule has 1 heterocycles. The minimum absolute atomic E-state index is 0.0282. The molecule has 1 aliphatic rings. The van der Waals surface area contributed by atoms with E-state index >= 15 is 0 Å². The molecule has 0 bridgehead atoms. The third-order valence-corrected chi connectivity index (χ3v) is 10.2. The summed E-state index contributed by atoms with van der Waals surface area (Å²) in [6.07, 6.45) is 1.77. The van der Waals surface area contributed by atoms with E-state index < -0.39 is 25.9 Å². The number of sulfonamides is 2. The number of ether oxygens (including phenoxy) is 1. The molecule has 0 N–H and O–H groups in total. The quantitative estimate of drug-likeness (QED) is 0.390. The monoisotopic (exact) mass is 546 g/mol. The SMILES string of the molecule is COc1cccc(CN(Cc2ccccc2F)S(=O)(=O)c2ccc(S(=O)(=O)N3CCCC(C)C3)cc2)c1. The molecule has 0 spiro atoms.